The summed E-state index contributed by atoms with van der Waals surface area (Å²) in [5.41, 5.74) is 1.75. The van der Waals surface area contributed by atoms with Crippen LogP contribution in [0, 0.1) is 17.9 Å². The van der Waals surface area contributed by atoms with E-state index >= 15 is 0 Å². The fourth-order valence-electron chi connectivity index (χ4n) is 2.17. The van der Waals surface area contributed by atoms with E-state index in [1.807, 2.05) is 25.1 Å². The normalized spacial score (nSPS) is 16.9. The van der Waals surface area contributed by atoms with Crippen LogP contribution >= 0.6 is 31.9 Å². The summed E-state index contributed by atoms with van der Waals surface area (Å²) in [5, 5.41) is 0. The minimum absolute atomic E-state index is 0. The van der Waals surface area contributed by atoms with Crippen molar-refractivity contribution in [1.82, 2.24) is 4.90 Å². The molecule has 23 heavy (non-hydrogen) atoms. The van der Waals surface area contributed by atoms with E-state index in [0.717, 1.165) is 21.5 Å². The Balaban J connectivity index is 0.00000264. The van der Waals surface area contributed by atoms with Gasteiger partial charge in [0.2, 0.25) is 5.91 Å². The molecule has 1 heterocycles. The molecule has 3 nitrogen and oxygen atoms in total. The van der Waals surface area contributed by atoms with Crippen LogP contribution in [0.15, 0.2) is 22.7 Å². The number of allylic oxidation sites excluding steroid dienone is 1. The van der Waals surface area contributed by atoms with Gasteiger partial charge >= 0.3 is 0 Å². The Hall–Kier alpha value is -0.146. The van der Waals surface area contributed by atoms with Crippen LogP contribution in [0.2, 0.25) is 0 Å². The van der Waals surface area contributed by atoms with E-state index < -0.39 is 0 Å². The number of carbonyl (C=O) groups excluding carboxylic acids is 1. The molecule has 119 valence electrons. The maximum Gasteiger partial charge on any atom is 0.236 e. The van der Waals surface area contributed by atoms with E-state index in [1.165, 1.54) is 0 Å². The van der Waals surface area contributed by atoms with Gasteiger partial charge in [-0.2, -0.15) is 0 Å². The van der Waals surface area contributed by atoms with Gasteiger partial charge in [0.15, 0.2) is 0 Å². The molecule has 0 saturated heterocycles. The number of hydrogen-bond donors (Lipinski definition) is 0. The predicted molar refractivity (Wildman–Crippen MR) is 94.5 cm³/mol. The Morgan fingerprint density at radius 1 is 1.48 bits per heavy atom. The summed E-state index contributed by atoms with van der Waals surface area (Å²) in [5.74, 6) is 6.46. The average Bonchev–Trinajstić information content (AvgIpc) is 2.51. The van der Waals surface area contributed by atoms with Crippen LogP contribution in [0.25, 0.3) is 5.70 Å². The van der Waals surface area contributed by atoms with Gasteiger partial charge in [0, 0.05) is 39.3 Å². The quantitative estimate of drug-likeness (QED) is 0.345. The summed E-state index contributed by atoms with van der Waals surface area (Å²) in [6, 6.07) is 5.70. The van der Waals surface area contributed by atoms with E-state index in [9.17, 15) is 4.79 Å². The van der Waals surface area contributed by atoms with Crippen molar-refractivity contribution in [2.75, 3.05) is 13.2 Å². The maximum absolute atomic E-state index is 12.3. The molecular weight excluding hydrogens is 499 g/mol. The number of alkyl halides is 1. The molecule has 1 aromatic carbocycles. The van der Waals surface area contributed by atoms with Gasteiger partial charge < -0.3 is 9.64 Å². The molecule has 0 N–H and O–H groups in total. The molecule has 1 aliphatic heterocycles. The molecule has 1 radical (unpaired) electrons. The maximum atomic E-state index is 12.3. The molecular formula is C17H16Br2NO2Y-. The minimum Gasteiger partial charge on any atom is -0.481 e. The average molecular weight is 515 g/mol. The van der Waals surface area contributed by atoms with Crippen molar-refractivity contribution in [3.05, 3.63) is 34.3 Å². The van der Waals surface area contributed by atoms with Crippen LogP contribution < -0.4 is 4.74 Å². The fraction of sp³-hybridized carbons (Fsp3) is 0.353. The molecule has 0 saturated carbocycles. The Kier molecular flexibility index (Phi) is 9.07. The summed E-state index contributed by atoms with van der Waals surface area (Å²) in [6.07, 6.45) is 3.88. The van der Waals surface area contributed by atoms with E-state index in [1.54, 1.807) is 11.8 Å². The van der Waals surface area contributed by atoms with Gasteiger partial charge in [-0.05, 0) is 26.0 Å². The second-order valence-corrected chi connectivity index (χ2v) is 6.60. The van der Waals surface area contributed by atoms with Crippen molar-refractivity contribution < 1.29 is 42.2 Å². The van der Waals surface area contributed by atoms with Crippen LogP contribution in [0.3, 0.4) is 0 Å². The first-order valence-corrected chi connectivity index (χ1v) is 8.68. The summed E-state index contributed by atoms with van der Waals surface area (Å²) in [4.78, 5) is 13.8. The molecule has 0 spiro atoms. The molecule has 1 aliphatic rings. The zero-order chi connectivity index (χ0) is 16.1. The van der Waals surface area contributed by atoms with E-state index in [4.69, 9.17) is 4.74 Å². The van der Waals surface area contributed by atoms with Crippen molar-refractivity contribution >= 4 is 43.5 Å². The summed E-state index contributed by atoms with van der Waals surface area (Å²) in [6.45, 7) is 4.71. The molecule has 0 aliphatic carbocycles. The Morgan fingerprint density at radius 3 is 2.83 bits per heavy atom. The second-order valence-electron chi connectivity index (χ2n) is 4.64. The molecule has 1 atom stereocenters. The monoisotopic (exact) mass is 513 g/mol. The van der Waals surface area contributed by atoms with E-state index in [0.29, 0.717) is 19.6 Å². The molecule has 6 heteroatoms. The summed E-state index contributed by atoms with van der Waals surface area (Å²) >= 11 is 6.95. The number of amides is 1. The smallest absolute Gasteiger partial charge is 0.236 e. The van der Waals surface area contributed by atoms with E-state index in [2.05, 4.69) is 49.8 Å². The van der Waals surface area contributed by atoms with Crippen molar-refractivity contribution in [1.29, 1.82) is 0 Å². The zero-order valence-corrected chi connectivity index (χ0v) is 19.0. The SMILES string of the molecule is CC#CCOc1ccc(C2=[C-]CC(Br)C(=O)N2CC)c(Br)c1.[Y]. The number of benzene rings is 1. The van der Waals surface area contributed by atoms with Crippen molar-refractivity contribution in [3.63, 3.8) is 0 Å². The first-order chi connectivity index (χ1) is 10.6. The molecule has 1 amide bonds. The number of rotatable bonds is 4. The Bertz CT molecular complexity index is 664. The molecule has 0 bridgehead atoms. The second kappa shape index (κ2) is 9.98. The minimum atomic E-state index is -0.190. The first kappa shape index (κ1) is 20.9. The van der Waals surface area contributed by atoms with Crippen molar-refractivity contribution in [2.45, 2.75) is 25.1 Å². The summed E-state index contributed by atoms with van der Waals surface area (Å²) in [7, 11) is 0. The molecule has 1 unspecified atom stereocenters. The summed E-state index contributed by atoms with van der Waals surface area (Å²) < 4.78 is 6.41. The van der Waals surface area contributed by atoms with E-state index in [-0.39, 0.29) is 43.4 Å². The van der Waals surface area contributed by atoms with Gasteiger partial charge in [0.05, 0.1) is 4.83 Å². The van der Waals surface area contributed by atoms with Crippen LogP contribution in [-0.4, -0.2) is 28.8 Å². The predicted octanol–water partition coefficient (Wildman–Crippen LogP) is 4.01. The van der Waals surface area contributed by atoms with Crippen LogP contribution in [0.5, 0.6) is 5.75 Å². The third-order valence-corrected chi connectivity index (χ3v) is 4.62. The van der Waals surface area contributed by atoms with Crippen LogP contribution in [0.4, 0.5) is 0 Å². The molecule has 1 aromatic rings. The molecule has 0 fully saturated rings. The van der Waals surface area contributed by atoms with Crippen molar-refractivity contribution in [3.8, 4) is 17.6 Å². The topological polar surface area (TPSA) is 29.5 Å². The molecule has 2 rings (SSSR count). The van der Waals surface area contributed by atoms with Gasteiger partial charge in [-0.1, -0.05) is 48.7 Å². The standard InChI is InChI=1S/C17H16Br2NO2.Y/c1-3-5-10-22-12-6-7-13(15(19)11-12)16-9-8-14(18)17(21)20(16)4-2;/h6-7,11,14H,4,8,10H2,1-2H3;/q-1;. The van der Waals surface area contributed by atoms with Gasteiger partial charge in [0.25, 0.3) is 0 Å². The number of halogens is 2. The number of carbonyl (C=O) groups is 1. The largest absolute Gasteiger partial charge is 0.481 e. The Labute approximate surface area is 179 Å². The third kappa shape index (κ3) is 5.16. The van der Waals surface area contributed by atoms with Crippen LogP contribution in [-0.2, 0) is 37.5 Å². The fourth-order valence-corrected chi connectivity index (χ4v) is 3.13. The third-order valence-electron chi connectivity index (χ3n) is 3.25. The van der Waals surface area contributed by atoms with Crippen LogP contribution in [0.1, 0.15) is 25.8 Å². The number of hydrogen-bond acceptors (Lipinski definition) is 2. The first-order valence-electron chi connectivity index (χ1n) is 6.97. The van der Waals surface area contributed by atoms with Gasteiger partial charge in [-0.25, -0.2) is 6.08 Å². The van der Waals surface area contributed by atoms with Gasteiger partial charge in [0.1, 0.15) is 12.4 Å². The van der Waals surface area contributed by atoms with Gasteiger partial charge in [-0.3, -0.25) is 4.79 Å². The number of ether oxygens (including phenoxy) is 1. The number of nitrogens with zero attached hydrogens (tertiary/aromatic N) is 1. The van der Waals surface area contributed by atoms with Crippen molar-refractivity contribution in [2.24, 2.45) is 0 Å². The van der Waals surface area contributed by atoms with Gasteiger partial charge in [-0.15, -0.1) is 23.2 Å². The molecule has 0 aromatic heterocycles. The Morgan fingerprint density at radius 2 is 2.22 bits per heavy atom. The zero-order valence-electron chi connectivity index (χ0n) is 13.0.